The average molecular weight is 281 g/mol. The van der Waals surface area contributed by atoms with Crippen molar-refractivity contribution in [2.45, 2.75) is 38.1 Å². The van der Waals surface area contributed by atoms with Crippen LogP contribution in [-0.2, 0) is 6.42 Å². The second kappa shape index (κ2) is 6.31. The van der Waals surface area contributed by atoms with Gasteiger partial charge in [-0.1, -0.05) is 43.3 Å². The summed E-state index contributed by atoms with van der Waals surface area (Å²) in [5.74, 6) is 1.54. The third-order valence-corrected chi connectivity index (χ3v) is 4.26. The van der Waals surface area contributed by atoms with Gasteiger partial charge < -0.3 is 10.5 Å². The summed E-state index contributed by atoms with van der Waals surface area (Å²) in [4.78, 5) is 0. The predicted molar refractivity (Wildman–Crippen MR) is 86.7 cm³/mol. The maximum atomic E-state index is 6.40. The van der Waals surface area contributed by atoms with Gasteiger partial charge in [-0.3, -0.25) is 0 Å². The number of nitrogens with two attached hydrogens (primary N) is 1. The van der Waals surface area contributed by atoms with Crippen LogP contribution in [0.15, 0.2) is 48.5 Å². The summed E-state index contributed by atoms with van der Waals surface area (Å²) in [5.41, 5.74) is 10.5. The molecule has 2 atom stereocenters. The van der Waals surface area contributed by atoms with Gasteiger partial charge in [0.05, 0.1) is 6.61 Å². The van der Waals surface area contributed by atoms with Gasteiger partial charge in [-0.25, -0.2) is 0 Å². The third-order valence-electron chi connectivity index (χ3n) is 4.26. The highest BCUT2D eigenvalue weighted by atomic mass is 16.5. The molecule has 21 heavy (non-hydrogen) atoms. The quantitative estimate of drug-likeness (QED) is 0.861. The molecule has 1 aliphatic rings. The molecule has 2 N–H and O–H groups in total. The third kappa shape index (κ3) is 3.11. The first-order valence-electron chi connectivity index (χ1n) is 7.84. The summed E-state index contributed by atoms with van der Waals surface area (Å²) in [6, 6.07) is 17.0. The van der Waals surface area contributed by atoms with Gasteiger partial charge in [0.25, 0.3) is 0 Å². The van der Waals surface area contributed by atoms with Gasteiger partial charge in [-0.05, 0) is 54.0 Å². The molecule has 0 bridgehead atoms. The molecule has 0 radical (unpaired) electrons. The molecular formula is C19H23NO. The maximum Gasteiger partial charge on any atom is 0.119 e. The SMILES string of the molecule is CCCOc1cccc(C(N)CC2Cc3ccccc32)c1. The number of hydrogen-bond acceptors (Lipinski definition) is 2. The fourth-order valence-corrected chi connectivity index (χ4v) is 3.07. The first kappa shape index (κ1) is 14.2. The molecular weight excluding hydrogens is 258 g/mol. The van der Waals surface area contributed by atoms with E-state index in [1.807, 2.05) is 12.1 Å². The monoisotopic (exact) mass is 281 g/mol. The molecule has 0 heterocycles. The first-order valence-corrected chi connectivity index (χ1v) is 7.84. The highest BCUT2D eigenvalue weighted by Crippen LogP contribution is 2.40. The van der Waals surface area contributed by atoms with Crippen molar-refractivity contribution in [2.24, 2.45) is 5.73 Å². The summed E-state index contributed by atoms with van der Waals surface area (Å²) in [5, 5.41) is 0. The van der Waals surface area contributed by atoms with Gasteiger partial charge in [0.15, 0.2) is 0 Å². The molecule has 2 aromatic carbocycles. The second-order valence-electron chi connectivity index (χ2n) is 5.86. The van der Waals surface area contributed by atoms with Crippen LogP contribution in [-0.4, -0.2) is 6.61 Å². The van der Waals surface area contributed by atoms with Crippen LogP contribution in [0.3, 0.4) is 0 Å². The zero-order valence-corrected chi connectivity index (χ0v) is 12.6. The van der Waals surface area contributed by atoms with Crippen LogP contribution in [0.25, 0.3) is 0 Å². The Bertz CT molecular complexity index is 608. The summed E-state index contributed by atoms with van der Waals surface area (Å²) >= 11 is 0. The summed E-state index contributed by atoms with van der Waals surface area (Å²) in [6.45, 7) is 2.87. The Hall–Kier alpha value is -1.80. The Morgan fingerprint density at radius 2 is 2.05 bits per heavy atom. The molecule has 2 nitrogen and oxygen atoms in total. The summed E-state index contributed by atoms with van der Waals surface area (Å²) in [6.07, 6.45) is 3.19. The number of ether oxygens (including phenoxy) is 1. The molecule has 1 aliphatic carbocycles. The van der Waals surface area contributed by atoms with Crippen molar-refractivity contribution in [3.63, 3.8) is 0 Å². The van der Waals surface area contributed by atoms with Crippen LogP contribution in [0.4, 0.5) is 0 Å². The van der Waals surface area contributed by atoms with Crippen molar-refractivity contribution in [3.8, 4) is 5.75 Å². The molecule has 2 unspecified atom stereocenters. The van der Waals surface area contributed by atoms with Crippen molar-refractivity contribution in [2.75, 3.05) is 6.61 Å². The fraction of sp³-hybridized carbons (Fsp3) is 0.368. The molecule has 0 aromatic heterocycles. The molecule has 0 fully saturated rings. The number of hydrogen-bond donors (Lipinski definition) is 1. The Kier molecular flexibility index (Phi) is 4.26. The van der Waals surface area contributed by atoms with Crippen molar-refractivity contribution < 1.29 is 4.74 Å². The van der Waals surface area contributed by atoms with Gasteiger partial charge in [-0.15, -0.1) is 0 Å². The van der Waals surface area contributed by atoms with E-state index in [2.05, 4.69) is 43.3 Å². The largest absolute Gasteiger partial charge is 0.494 e. The molecule has 3 rings (SSSR count). The molecule has 2 aromatic rings. The smallest absolute Gasteiger partial charge is 0.119 e. The van der Waals surface area contributed by atoms with Gasteiger partial charge in [0, 0.05) is 6.04 Å². The Balaban J connectivity index is 1.65. The minimum atomic E-state index is 0.0773. The highest BCUT2D eigenvalue weighted by molar-refractivity contribution is 5.40. The van der Waals surface area contributed by atoms with Crippen LogP contribution in [0.1, 0.15) is 48.4 Å². The summed E-state index contributed by atoms with van der Waals surface area (Å²) in [7, 11) is 0. The van der Waals surface area contributed by atoms with E-state index in [0.717, 1.165) is 31.6 Å². The molecule has 0 amide bonds. The standard InChI is InChI=1S/C19H23NO/c1-2-10-21-17-8-5-7-15(12-17)19(20)13-16-11-14-6-3-4-9-18(14)16/h3-9,12,16,19H,2,10-11,13,20H2,1H3. The zero-order valence-electron chi connectivity index (χ0n) is 12.6. The van der Waals surface area contributed by atoms with Crippen LogP contribution < -0.4 is 10.5 Å². The Morgan fingerprint density at radius 1 is 1.19 bits per heavy atom. The summed E-state index contributed by atoms with van der Waals surface area (Å²) < 4.78 is 5.69. The van der Waals surface area contributed by atoms with E-state index >= 15 is 0 Å². The lowest BCUT2D eigenvalue weighted by atomic mass is 9.74. The minimum absolute atomic E-state index is 0.0773. The lowest BCUT2D eigenvalue weighted by Crippen LogP contribution is -2.22. The van der Waals surface area contributed by atoms with Gasteiger partial charge in [-0.2, -0.15) is 0 Å². The van der Waals surface area contributed by atoms with Gasteiger partial charge in [0.1, 0.15) is 5.75 Å². The van der Waals surface area contributed by atoms with Crippen molar-refractivity contribution in [1.82, 2.24) is 0 Å². The Labute approximate surface area is 126 Å². The molecule has 0 spiro atoms. The number of rotatable bonds is 6. The van der Waals surface area contributed by atoms with E-state index in [0.29, 0.717) is 5.92 Å². The van der Waals surface area contributed by atoms with Crippen molar-refractivity contribution in [3.05, 3.63) is 65.2 Å². The van der Waals surface area contributed by atoms with E-state index in [1.54, 1.807) is 0 Å². The van der Waals surface area contributed by atoms with Gasteiger partial charge in [0.2, 0.25) is 0 Å². The molecule has 0 saturated heterocycles. The molecule has 110 valence electrons. The Morgan fingerprint density at radius 3 is 2.86 bits per heavy atom. The van der Waals surface area contributed by atoms with Crippen molar-refractivity contribution >= 4 is 0 Å². The van der Waals surface area contributed by atoms with E-state index in [-0.39, 0.29) is 6.04 Å². The second-order valence-corrected chi connectivity index (χ2v) is 5.86. The van der Waals surface area contributed by atoms with Crippen LogP contribution >= 0.6 is 0 Å². The maximum absolute atomic E-state index is 6.40. The van der Waals surface area contributed by atoms with Gasteiger partial charge >= 0.3 is 0 Å². The molecule has 0 saturated carbocycles. The highest BCUT2D eigenvalue weighted by Gasteiger charge is 2.27. The average Bonchev–Trinajstić information content (AvgIpc) is 2.50. The topological polar surface area (TPSA) is 35.2 Å². The zero-order chi connectivity index (χ0) is 14.7. The lowest BCUT2D eigenvalue weighted by molar-refractivity contribution is 0.317. The molecule has 0 aliphatic heterocycles. The first-order chi connectivity index (χ1) is 10.3. The van der Waals surface area contributed by atoms with Crippen LogP contribution in [0, 0.1) is 0 Å². The van der Waals surface area contributed by atoms with Crippen LogP contribution in [0.5, 0.6) is 5.75 Å². The van der Waals surface area contributed by atoms with E-state index < -0.39 is 0 Å². The lowest BCUT2D eigenvalue weighted by Gasteiger charge is -2.32. The minimum Gasteiger partial charge on any atom is -0.494 e. The normalized spacial score (nSPS) is 17.7. The number of fused-ring (bicyclic) bond motifs is 1. The van der Waals surface area contributed by atoms with Crippen molar-refractivity contribution in [1.29, 1.82) is 0 Å². The van der Waals surface area contributed by atoms with Crippen LogP contribution in [0.2, 0.25) is 0 Å². The number of benzene rings is 2. The fourth-order valence-electron chi connectivity index (χ4n) is 3.07. The van der Waals surface area contributed by atoms with E-state index in [9.17, 15) is 0 Å². The predicted octanol–water partition coefficient (Wildman–Crippen LogP) is 4.21. The van der Waals surface area contributed by atoms with E-state index in [1.165, 1.54) is 16.7 Å². The van der Waals surface area contributed by atoms with E-state index in [4.69, 9.17) is 10.5 Å². The molecule has 2 heteroatoms.